The van der Waals surface area contributed by atoms with E-state index in [2.05, 4.69) is 17.2 Å². The zero-order valence-corrected chi connectivity index (χ0v) is 10.4. The molecular weight excluding hydrogens is 220 g/mol. The Balaban J connectivity index is 2.46. The van der Waals surface area contributed by atoms with Crippen molar-refractivity contribution in [1.82, 2.24) is 5.32 Å². The molecular formula is C14H17F2N. The maximum Gasteiger partial charge on any atom is 0.127 e. The van der Waals surface area contributed by atoms with Crippen LogP contribution < -0.4 is 5.32 Å². The van der Waals surface area contributed by atoms with Crippen molar-refractivity contribution < 1.29 is 8.78 Å². The first-order chi connectivity index (χ1) is 7.88. The van der Waals surface area contributed by atoms with Gasteiger partial charge in [0, 0.05) is 17.5 Å². The van der Waals surface area contributed by atoms with Gasteiger partial charge in [-0.1, -0.05) is 11.8 Å². The lowest BCUT2D eigenvalue weighted by Gasteiger charge is -2.07. The van der Waals surface area contributed by atoms with Gasteiger partial charge < -0.3 is 5.32 Å². The lowest BCUT2D eigenvalue weighted by atomic mass is 9.98. The van der Waals surface area contributed by atoms with Crippen LogP contribution in [0.5, 0.6) is 0 Å². The van der Waals surface area contributed by atoms with Gasteiger partial charge in [0.15, 0.2) is 0 Å². The molecule has 0 heterocycles. The second kappa shape index (κ2) is 5.79. The predicted molar refractivity (Wildman–Crippen MR) is 65.3 cm³/mol. The van der Waals surface area contributed by atoms with E-state index in [4.69, 9.17) is 0 Å². The summed E-state index contributed by atoms with van der Waals surface area (Å²) in [5.74, 6) is 5.18. The molecule has 1 N–H and O–H groups in total. The molecule has 0 saturated carbocycles. The van der Waals surface area contributed by atoms with Gasteiger partial charge in [0.25, 0.3) is 0 Å². The van der Waals surface area contributed by atoms with Crippen LogP contribution in [0.2, 0.25) is 0 Å². The van der Waals surface area contributed by atoms with Gasteiger partial charge in [0.1, 0.15) is 11.6 Å². The first-order valence-corrected chi connectivity index (χ1v) is 5.53. The van der Waals surface area contributed by atoms with E-state index in [1.807, 2.05) is 20.8 Å². The highest BCUT2D eigenvalue weighted by molar-refractivity contribution is 5.18. The summed E-state index contributed by atoms with van der Waals surface area (Å²) < 4.78 is 26.1. The van der Waals surface area contributed by atoms with E-state index in [-0.39, 0.29) is 12.0 Å². The van der Waals surface area contributed by atoms with E-state index in [9.17, 15) is 8.78 Å². The van der Waals surface area contributed by atoms with E-state index in [0.717, 1.165) is 12.1 Å². The van der Waals surface area contributed by atoms with E-state index in [0.29, 0.717) is 12.1 Å². The van der Waals surface area contributed by atoms with Crippen LogP contribution in [0, 0.1) is 28.9 Å². The molecule has 0 aliphatic carbocycles. The summed E-state index contributed by atoms with van der Waals surface area (Å²) in [4.78, 5) is 0. The van der Waals surface area contributed by atoms with Gasteiger partial charge >= 0.3 is 0 Å². The zero-order valence-electron chi connectivity index (χ0n) is 10.4. The Kier molecular flexibility index (Phi) is 4.65. The molecule has 92 valence electrons. The summed E-state index contributed by atoms with van der Waals surface area (Å²) >= 11 is 0. The van der Waals surface area contributed by atoms with Crippen LogP contribution in [0.1, 0.15) is 26.3 Å². The van der Waals surface area contributed by atoms with Gasteiger partial charge in [-0.05, 0) is 39.0 Å². The first-order valence-electron chi connectivity index (χ1n) is 5.53. The molecule has 0 aromatic heterocycles. The van der Waals surface area contributed by atoms with Crippen molar-refractivity contribution in [1.29, 1.82) is 0 Å². The van der Waals surface area contributed by atoms with E-state index in [1.54, 1.807) is 0 Å². The van der Waals surface area contributed by atoms with E-state index >= 15 is 0 Å². The highest BCUT2D eigenvalue weighted by Crippen LogP contribution is 2.10. The van der Waals surface area contributed by atoms with Crippen LogP contribution in [0.4, 0.5) is 8.78 Å². The molecule has 0 unspecified atom stereocenters. The summed E-state index contributed by atoms with van der Waals surface area (Å²) in [6.07, 6.45) is 0. The third-order valence-electron chi connectivity index (χ3n) is 2.00. The van der Waals surface area contributed by atoms with Crippen LogP contribution in [0.15, 0.2) is 18.2 Å². The largest absolute Gasteiger partial charge is 0.302 e. The van der Waals surface area contributed by atoms with Gasteiger partial charge in [0.2, 0.25) is 0 Å². The maximum absolute atomic E-state index is 13.2. The Hall–Kier alpha value is -1.40. The van der Waals surface area contributed by atoms with Gasteiger partial charge in [-0.3, -0.25) is 0 Å². The second-order valence-corrected chi connectivity index (χ2v) is 4.89. The van der Waals surface area contributed by atoms with Crippen LogP contribution >= 0.6 is 0 Å². The van der Waals surface area contributed by atoms with Crippen molar-refractivity contribution in [3.63, 3.8) is 0 Å². The topological polar surface area (TPSA) is 12.0 Å². The summed E-state index contributed by atoms with van der Waals surface area (Å²) in [5.41, 5.74) is 0.286. The smallest absolute Gasteiger partial charge is 0.127 e. The van der Waals surface area contributed by atoms with Crippen molar-refractivity contribution in [2.24, 2.45) is 5.41 Å². The van der Waals surface area contributed by atoms with E-state index in [1.165, 1.54) is 6.07 Å². The number of hydrogen-bond donors (Lipinski definition) is 1. The lowest BCUT2D eigenvalue weighted by Crippen LogP contribution is -2.15. The van der Waals surface area contributed by atoms with Crippen molar-refractivity contribution in [3.05, 3.63) is 35.4 Å². The third kappa shape index (κ3) is 5.46. The van der Waals surface area contributed by atoms with Crippen molar-refractivity contribution >= 4 is 0 Å². The molecule has 17 heavy (non-hydrogen) atoms. The SMILES string of the molecule is CC(C)(C)C#CCNCc1cc(F)ccc1F. The second-order valence-electron chi connectivity index (χ2n) is 4.89. The Labute approximate surface area is 101 Å². The van der Waals surface area contributed by atoms with Gasteiger partial charge in [-0.25, -0.2) is 8.78 Å². The normalized spacial score (nSPS) is 10.9. The number of nitrogens with one attached hydrogen (secondary N) is 1. The fourth-order valence-electron chi connectivity index (χ4n) is 1.25. The Morgan fingerprint density at radius 2 is 1.94 bits per heavy atom. The molecule has 0 atom stereocenters. The average molecular weight is 237 g/mol. The zero-order chi connectivity index (χ0) is 12.9. The molecule has 1 aromatic rings. The summed E-state index contributed by atoms with van der Waals surface area (Å²) in [6, 6.07) is 3.44. The van der Waals surface area contributed by atoms with Gasteiger partial charge in [-0.2, -0.15) is 0 Å². The predicted octanol–water partition coefficient (Wildman–Crippen LogP) is 3.10. The van der Waals surface area contributed by atoms with Crippen LogP contribution in [-0.2, 0) is 6.54 Å². The van der Waals surface area contributed by atoms with Crippen LogP contribution in [0.3, 0.4) is 0 Å². The molecule has 0 aliphatic rings. The van der Waals surface area contributed by atoms with Crippen molar-refractivity contribution in [2.75, 3.05) is 6.54 Å². The molecule has 3 heteroatoms. The average Bonchev–Trinajstić information content (AvgIpc) is 2.21. The molecule has 0 aliphatic heterocycles. The fourth-order valence-corrected chi connectivity index (χ4v) is 1.25. The molecule has 1 nitrogen and oxygen atoms in total. The number of hydrogen-bond acceptors (Lipinski definition) is 1. The molecule has 0 fully saturated rings. The summed E-state index contributed by atoms with van der Waals surface area (Å²) in [6.45, 7) is 6.81. The van der Waals surface area contributed by atoms with Crippen molar-refractivity contribution in [3.8, 4) is 11.8 Å². The minimum absolute atomic E-state index is 0.0359. The van der Waals surface area contributed by atoms with Gasteiger partial charge in [-0.15, -0.1) is 0 Å². The Morgan fingerprint density at radius 1 is 1.24 bits per heavy atom. The summed E-state index contributed by atoms with van der Waals surface area (Å²) in [5, 5.41) is 2.96. The number of halogens is 2. The molecule has 0 radical (unpaired) electrons. The number of benzene rings is 1. The monoisotopic (exact) mass is 237 g/mol. The molecule has 0 amide bonds. The Morgan fingerprint density at radius 3 is 2.59 bits per heavy atom. The molecule has 1 aromatic carbocycles. The fraction of sp³-hybridized carbons (Fsp3) is 0.429. The first kappa shape index (κ1) is 13.7. The molecule has 0 bridgehead atoms. The highest BCUT2D eigenvalue weighted by atomic mass is 19.1. The molecule has 0 spiro atoms. The minimum Gasteiger partial charge on any atom is -0.302 e. The standard InChI is InChI=1S/C14H17F2N/c1-14(2,3)7-4-8-17-10-11-9-12(15)5-6-13(11)16/h5-6,9,17H,8,10H2,1-3H3. The van der Waals surface area contributed by atoms with Crippen LogP contribution in [0.25, 0.3) is 0 Å². The van der Waals surface area contributed by atoms with E-state index < -0.39 is 11.6 Å². The van der Waals surface area contributed by atoms with Gasteiger partial charge in [0.05, 0.1) is 6.54 Å². The molecule has 0 saturated heterocycles. The quantitative estimate of drug-likeness (QED) is 0.629. The lowest BCUT2D eigenvalue weighted by molar-refractivity contribution is 0.568. The molecule has 1 rings (SSSR count). The summed E-state index contributed by atoms with van der Waals surface area (Å²) in [7, 11) is 0. The minimum atomic E-state index is -0.427. The Bertz CT molecular complexity index is 436. The number of rotatable bonds is 3. The third-order valence-corrected chi connectivity index (χ3v) is 2.00. The maximum atomic E-state index is 13.2. The van der Waals surface area contributed by atoms with Crippen molar-refractivity contribution in [2.45, 2.75) is 27.3 Å². The highest BCUT2D eigenvalue weighted by Gasteiger charge is 2.04. The van der Waals surface area contributed by atoms with Crippen LogP contribution in [-0.4, -0.2) is 6.54 Å².